The zero-order chi connectivity index (χ0) is 6.24. The van der Waals surface area contributed by atoms with Crippen LogP contribution in [0.3, 0.4) is 0 Å². The lowest BCUT2D eigenvalue weighted by Gasteiger charge is -1.99. The van der Waals surface area contributed by atoms with Crippen LogP contribution < -0.4 is 0 Å². The largest absolute Gasteiger partial charge is 0.504 e. The first-order valence-corrected chi connectivity index (χ1v) is 3.89. The van der Waals surface area contributed by atoms with Crippen LogP contribution in [-0.2, 0) is 8.53 Å². The molecule has 8 heavy (non-hydrogen) atoms. The predicted molar refractivity (Wildman–Crippen MR) is 36.0 cm³/mol. The molecule has 48 valence electrons. The average Bonchev–Trinajstić information content (AvgIpc) is 1.81. The molecule has 0 N–H and O–H groups in total. The van der Waals surface area contributed by atoms with Crippen molar-refractivity contribution in [2.45, 2.75) is 0 Å². The van der Waals surface area contributed by atoms with Gasteiger partial charge in [-0.25, -0.2) is 0 Å². The van der Waals surface area contributed by atoms with E-state index in [0.29, 0.717) is 25.7 Å². The van der Waals surface area contributed by atoms with Crippen molar-refractivity contribution in [1.29, 1.82) is 0 Å². The van der Waals surface area contributed by atoms with E-state index in [9.17, 15) is 0 Å². The molecule has 0 fully saturated rings. The van der Waals surface area contributed by atoms with Gasteiger partial charge in [0.15, 0.2) is 0 Å². The van der Waals surface area contributed by atoms with E-state index in [4.69, 9.17) is 20.1 Å². The van der Waals surface area contributed by atoms with E-state index in [1.165, 1.54) is 0 Å². The molecule has 2 nitrogen and oxygen atoms in total. The summed E-state index contributed by atoms with van der Waals surface area (Å²) in [6.45, 7) is 2.02. The standard InChI is InChI=1S/C4H8ClO2.Al.2H/c5-1-3-7-4-2-6;;;/h1-4H2;;;/q-1;+1;;. The summed E-state index contributed by atoms with van der Waals surface area (Å²) in [6, 6.07) is 0. The van der Waals surface area contributed by atoms with Crippen molar-refractivity contribution >= 4 is 28.2 Å². The molecule has 0 heterocycles. The molecule has 0 aromatic rings. The lowest BCUT2D eigenvalue weighted by molar-refractivity contribution is 0.115. The fraction of sp³-hybridized carbons (Fsp3) is 1.00. The molecule has 0 amide bonds. The van der Waals surface area contributed by atoms with Crippen LogP contribution in [0, 0.1) is 0 Å². The summed E-state index contributed by atoms with van der Waals surface area (Å²) in [6.07, 6.45) is 0. The molecule has 0 aliphatic heterocycles. The Morgan fingerprint density at radius 3 is 2.50 bits per heavy atom. The van der Waals surface area contributed by atoms with Crippen LogP contribution in [0.5, 0.6) is 0 Å². The second-order valence-electron chi connectivity index (χ2n) is 1.29. The Bertz CT molecular complexity index is 39.0. The van der Waals surface area contributed by atoms with E-state index in [-0.39, 0.29) is 0 Å². The van der Waals surface area contributed by atoms with Crippen LogP contribution in [-0.4, -0.2) is 42.3 Å². The molecule has 0 unspecified atom stereocenters. The molecular weight excluding hydrogens is 142 g/mol. The van der Waals surface area contributed by atoms with Gasteiger partial charge in [0, 0.05) is 12.5 Å². The summed E-state index contributed by atoms with van der Waals surface area (Å²) < 4.78 is 9.85. The van der Waals surface area contributed by atoms with Gasteiger partial charge in [-0.2, -0.15) is 0 Å². The lowest BCUT2D eigenvalue weighted by atomic mass is 10.7. The summed E-state index contributed by atoms with van der Waals surface area (Å²) in [5.41, 5.74) is 0. The number of alkyl halides is 1. The van der Waals surface area contributed by atoms with E-state index in [2.05, 4.69) is 0 Å². The second-order valence-corrected chi connectivity index (χ2v) is 2.25. The van der Waals surface area contributed by atoms with Gasteiger partial charge >= 0.3 is 16.6 Å². The van der Waals surface area contributed by atoms with Crippen LogP contribution in [0.2, 0.25) is 0 Å². The third-order valence-corrected chi connectivity index (χ3v) is 1.22. The van der Waals surface area contributed by atoms with Gasteiger partial charge in [-0.15, -0.1) is 11.6 Å². The molecule has 4 heteroatoms. The molecular formula is C4H10AlClO2. The van der Waals surface area contributed by atoms with E-state index in [1.54, 1.807) is 0 Å². The SMILES string of the molecule is [AlH2][O]CCOCCCl. The Hall–Kier alpha value is 0.742. The number of halogens is 1. The highest BCUT2D eigenvalue weighted by molar-refractivity contribution is 6.17. The third-order valence-electron chi connectivity index (χ3n) is 0.653. The first-order valence-electron chi connectivity index (χ1n) is 2.54. The summed E-state index contributed by atoms with van der Waals surface area (Å²) >= 11 is 6.12. The van der Waals surface area contributed by atoms with Crippen LogP contribution in [0.15, 0.2) is 0 Å². The van der Waals surface area contributed by atoms with E-state index in [1.807, 2.05) is 0 Å². The van der Waals surface area contributed by atoms with Gasteiger partial charge in [0.25, 0.3) is 0 Å². The maximum atomic E-state index is 5.32. The maximum Gasteiger partial charge on any atom is 0.410 e. The van der Waals surface area contributed by atoms with E-state index in [0.717, 1.165) is 16.6 Å². The second kappa shape index (κ2) is 7.74. The average molecular weight is 153 g/mol. The maximum absolute atomic E-state index is 5.32. The van der Waals surface area contributed by atoms with E-state index >= 15 is 0 Å². The molecule has 0 radical (unpaired) electrons. The molecule has 0 aromatic carbocycles. The fourth-order valence-corrected chi connectivity index (χ4v) is 0.575. The van der Waals surface area contributed by atoms with Crippen LogP contribution in [0.1, 0.15) is 0 Å². The lowest BCUT2D eigenvalue weighted by Crippen LogP contribution is -2.03. The van der Waals surface area contributed by atoms with E-state index < -0.39 is 0 Å². The molecule has 0 saturated heterocycles. The first-order chi connectivity index (χ1) is 3.91. The van der Waals surface area contributed by atoms with Crippen molar-refractivity contribution in [3.05, 3.63) is 0 Å². The third kappa shape index (κ3) is 6.74. The molecule has 0 saturated carbocycles. The highest BCUT2D eigenvalue weighted by Gasteiger charge is 1.82. The Kier molecular flexibility index (Phi) is 8.46. The van der Waals surface area contributed by atoms with Crippen LogP contribution in [0.25, 0.3) is 0 Å². The molecule has 0 aliphatic carbocycles. The van der Waals surface area contributed by atoms with Crippen LogP contribution >= 0.6 is 11.6 Å². The Morgan fingerprint density at radius 2 is 2.00 bits per heavy atom. The number of hydrogen-bond donors (Lipinski definition) is 0. The Morgan fingerprint density at radius 1 is 1.25 bits per heavy atom. The van der Waals surface area contributed by atoms with Crippen molar-refractivity contribution in [2.75, 3.05) is 25.7 Å². The molecule has 0 aliphatic rings. The minimum atomic E-state index is 0.571. The predicted octanol–water partition coefficient (Wildman–Crippen LogP) is -0.194. The quantitative estimate of drug-likeness (QED) is 0.309. The van der Waals surface area contributed by atoms with Gasteiger partial charge in [0.2, 0.25) is 0 Å². The molecule has 0 atom stereocenters. The van der Waals surface area contributed by atoms with Gasteiger partial charge in [0.1, 0.15) is 0 Å². The summed E-state index contributed by atoms with van der Waals surface area (Å²) in [5.74, 6) is 0.571. The smallest absolute Gasteiger partial charge is 0.410 e. The number of hydrogen-bond acceptors (Lipinski definition) is 2. The van der Waals surface area contributed by atoms with Crippen molar-refractivity contribution < 1.29 is 8.53 Å². The molecule has 0 spiro atoms. The van der Waals surface area contributed by atoms with Crippen molar-refractivity contribution in [3.8, 4) is 0 Å². The highest BCUT2D eigenvalue weighted by atomic mass is 35.5. The fourth-order valence-electron chi connectivity index (χ4n) is 0.299. The van der Waals surface area contributed by atoms with Gasteiger partial charge in [-0.3, -0.25) is 0 Å². The molecule has 0 rings (SSSR count). The van der Waals surface area contributed by atoms with Crippen molar-refractivity contribution in [3.63, 3.8) is 0 Å². The zero-order valence-electron chi connectivity index (χ0n) is 5.02. The number of ether oxygens (including phenoxy) is 1. The summed E-state index contributed by atoms with van der Waals surface area (Å²) in [5, 5.41) is 0. The summed E-state index contributed by atoms with van der Waals surface area (Å²) in [4.78, 5) is 0. The monoisotopic (exact) mass is 152 g/mol. The van der Waals surface area contributed by atoms with Gasteiger partial charge in [0.05, 0.1) is 13.2 Å². The molecule has 0 bridgehead atoms. The first kappa shape index (κ1) is 8.74. The van der Waals surface area contributed by atoms with Gasteiger partial charge in [-0.1, -0.05) is 0 Å². The molecule has 0 aromatic heterocycles. The minimum Gasteiger partial charge on any atom is -0.504 e. The normalized spacial score (nSPS) is 9.62. The highest BCUT2D eigenvalue weighted by Crippen LogP contribution is 1.77. The zero-order valence-corrected chi connectivity index (χ0v) is 7.78. The van der Waals surface area contributed by atoms with Crippen molar-refractivity contribution in [2.24, 2.45) is 0 Å². The topological polar surface area (TPSA) is 18.5 Å². The van der Waals surface area contributed by atoms with Crippen molar-refractivity contribution in [1.82, 2.24) is 0 Å². The Labute approximate surface area is 62.9 Å². The minimum absolute atomic E-state index is 0.571. The van der Waals surface area contributed by atoms with Gasteiger partial charge < -0.3 is 8.53 Å². The van der Waals surface area contributed by atoms with Gasteiger partial charge in [-0.05, 0) is 0 Å². The number of rotatable bonds is 5. The Balaban J connectivity index is 2.53. The van der Waals surface area contributed by atoms with Crippen LogP contribution in [0.4, 0.5) is 0 Å². The summed E-state index contributed by atoms with van der Waals surface area (Å²) in [7, 11) is 0.